The molecule has 1 amide bonds. The Morgan fingerprint density at radius 3 is 2.34 bits per heavy atom. The van der Waals surface area contributed by atoms with Crippen molar-refractivity contribution in [3.05, 3.63) is 88.4 Å². The standard InChI is InChI=1S/C25H25ClN2O4/c1-3-30-22-12-10-19(14-21(22)26)16-27-28-25(29)20-11-13-23(24(15-20)31-4-2)32-17-18-8-6-5-7-9-18/h5-16H,3-4,17H2,1-2H3,(H,28,29)/b27-16+. The molecular formula is C25H25ClN2O4. The highest BCUT2D eigenvalue weighted by molar-refractivity contribution is 6.32. The van der Waals surface area contributed by atoms with Crippen LogP contribution in [0, 0.1) is 0 Å². The summed E-state index contributed by atoms with van der Waals surface area (Å²) in [7, 11) is 0. The Kier molecular flexibility index (Phi) is 8.52. The predicted octanol–water partition coefficient (Wildman–Crippen LogP) is 5.48. The molecule has 7 heteroatoms. The molecule has 0 radical (unpaired) electrons. The molecule has 32 heavy (non-hydrogen) atoms. The first-order valence-corrected chi connectivity index (χ1v) is 10.7. The summed E-state index contributed by atoms with van der Waals surface area (Å²) in [6, 6.07) is 20.1. The third-order valence-corrected chi connectivity index (χ3v) is 4.67. The fraction of sp³-hybridized carbons (Fsp3) is 0.200. The van der Waals surface area contributed by atoms with Gasteiger partial charge in [-0.3, -0.25) is 4.79 Å². The Morgan fingerprint density at radius 1 is 0.906 bits per heavy atom. The summed E-state index contributed by atoms with van der Waals surface area (Å²) < 4.78 is 16.9. The average Bonchev–Trinajstić information content (AvgIpc) is 2.81. The third kappa shape index (κ3) is 6.49. The van der Waals surface area contributed by atoms with E-state index in [-0.39, 0.29) is 5.91 Å². The summed E-state index contributed by atoms with van der Waals surface area (Å²) in [6.07, 6.45) is 1.51. The molecule has 3 aromatic rings. The fourth-order valence-electron chi connectivity index (χ4n) is 2.87. The molecule has 0 saturated heterocycles. The second-order valence-corrected chi connectivity index (χ2v) is 7.10. The second kappa shape index (κ2) is 11.8. The van der Waals surface area contributed by atoms with Gasteiger partial charge in [-0.05, 0) is 61.4 Å². The summed E-state index contributed by atoms with van der Waals surface area (Å²) in [5.41, 5.74) is 4.69. The lowest BCUT2D eigenvalue weighted by Gasteiger charge is -2.13. The minimum Gasteiger partial charge on any atom is -0.492 e. The lowest BCUT2D eigenvalue weighted by atomic mass is 10.2. The number of nitrogens with one attached hydrogen (secondary N) is 1. The summed E-state index contributed by atoms with van der Waals surface area (Å²) in [4.78, 5) is 12.5. The van der Waals surface area contributed by atoms with E-state index >= 15 is 0 Å². The topological polar surface area (TPSA) is 69.2 Å². The molecule has 3 aromatic carbocycles. The minimum absolute atomic E-state index is 0.367. The van der Waals surface area contributed by atoms with Crippen molar-refractivity contribution in [3.8, 4) is 17.2 Å². The van der Waals surface area contributed by atoms with Gasteiger partial charge in [-0.1, -0.05) is 41.9 Å². The summed E-state index contributed by atoms with van der Waals surface area (Å²) >= 11 is 6.17. The summed E-state index contributed by atoms with van der Waals surface area (Å²) in [5.74, 6) is 1.31. The first-order valence-electron chi connectivity index (χ1n) is 10.3. The van der Waals surface area contributed by atoms with Gasteiger partial charge in [-0.2, -0.15) is 5.10 Å². The molecule has 0 aliphatic heterocycles. The van der Waals surface area contributed by atoms with Crippen molar-refractivity contribution >= 4 is 23.7 Å². The molecule has 0 atom stereocenters. The normalized spacial score (nSPS) is 10.7. The van der Waals surface area contributed by atoms with Gasteiger partial charge in [-0.25, -0.2) is 5.43 Å². The van der Waals surface area contributed by atoms with Gasteiger partial charge >= 0.3 is 0 Å². The quantitative estimate of drug-likeness (QED) is 0.326. The highest BCUT2D eigenvalue weighted by Gasteiger charge is 2.12. The third-order valence-electron chi connectivity index (χ3n) is 4.38. The van der Waals surface area contributed by atoms with Gasteiger partial charge in [0.15, 0.2) is 11.5 Å². The maximum Gasteiger partial charge on any atom is 0.271 e. The molecule has 0 unspecified atom stereocenters. The van der Waals surface area contributed by atoms with Gasteiger partial charge in [0.1, 0.15) is 12.4 Å². The van der Waals surface area contributed by atoms with Crippen molar-refractivity contribution in [2.45, 2.75) is 20.5 Å². The van der Waals surface area contributed by atoms with Crippen LogP contribution in [0.15, 0.2) is 71.8 Å². The molecule has 0 saturated carbocycles. The van der Waals surface area contributed by atoms with Gasteiger partial charge < -0.3 is 14.2 Å². The molecule has 0 fully saturated rings. The van der Waals surface area contributed by atoms with Crippen molar-refractivity contribution in [3.63, 3.8) is 0 Å². The molecular weight excluding hydrogens is 428 g/mol. The second-order valence-electron chi connectivity index (χ2n) is 6.69. The van der Waals surface area contributed by atoms with E-state index in [1.807, 2.05) is 44.2 Å². The van der Waals surface area contributed by atoms with Crippen molar-refractivity contribution in [2.75, 3.05) is 13.2 Å². The van der Waals surface area contributed by atoms with E-state index in [2.05, 4.69) is 10.5 Å². The van der Waals surface area contributed by atoms with Crippen LogP contribution < -0.4 is 19.6 Å². The maximum absolute atomic E-state index is 12.5. The number of nitrogens with zero attached hydrogens (tertiary/aromatic N) is 1. The monoisotopic (exact) mass is 452 g/mol. The zero-order chi connectivity index (χ0) is 22.8. The van der Waals surface area contributed by atoms with Gasteiger partial charge in [-0.15, -0.1) is 0 Å². The zero-order valence-electron chi connectivity index (χ0n) is 18.0. The number of hydrazone groups is 1. The summed E-state index contributed by atoms with van der Waals surface area (Å²) in [6.45, 7) is 5.15. The Hall–Kier alpha value is -3.51. The molecule has 6 nitrogen and oxygen atoms in total. The van der Waals surface area contributed by atoms with Crippen LogP contribution in [0.4, 0.5) is 0 Å². The number of rotatable bonds is 10. The first-order chi connectivity index (χ1) is 15.6. The summed E-state index contributed by atoms with van der Waals surface area (Å²) in [5, 5.41) is 4.49. The van der Waals surface area contributed by atoms with Gasteiger partial charge in [0, 0.05) is 5.56 Å². The van der Waals surface area contributed by atoms with Crippen molar-refractivity contribution in [2.24, 2.45) is 5.10 Å². The Balaban J connectivity index is 1.64. The van der Waals surface area contributed by atoms with Crippen LogP contribution in [0.25, 0.3) is 0 Å². The van der Waals surface area contributed by atoms with E-state index < -0.39 is 0 Å². The van der Waals surface area contributed by atoms with E-state index in [1.54, 1.807) is 36.4 Å². The predicted molar refractivity (Wildman–Crippen MR) is 126 cm³/mol. The van der Waals surface area contributed by atoms with Gasteiger partial charge in [0.25, 0.3) is 5.91 Å². The Morgan fingerprint density at radius 2 is 1.62 bits per heavy atom. The average molecular weight is 453 g/mol. The van der Waals surface area contributed by atoms with E-state index in [1.165, 1.54) is 6.21 Å². The van der Waals surface area contributed by atoms with Crippen molar-refractivity contribution in [1.29, 1.82) is 0 Å². The van der Waals surface area contributed by atoms with E-state index in [9.17, 15) is 4.79 Å². The molecule has 0 bridgehead atoms. The largest absolute Gasteiger partial charge is 0.492 e. The molecule has 166 valence electrons. The van der Waals surface area contributed by atoms with Crippen LogP contribution in [0.5, 0.6) is 17.2 Å². The smallest absolute Gasteiger partial charge is 0.271 e. The fourth-order valence-corrected chi connectivity index (χ4v) is 3.12. The van der Waals surface area contributed by atoms with Crippen LogP contribution in [0.1, 0.15) is 35.3 Å². The van der Waals surface area contributed by atoms with Crippen LogP contribution in [0.3, 0.4) is 0 Å². The number of amides is 1. The number of halogens is 1. The Bertz CT molecular complexity index is 1070. The lowest BCUT2D eigenvalue weighted by Crippen LogP contribution is -2.17. The first kappa shape index (κ1) is 23.2. The number of carbonyl (C=O) groups is 1. The van der Waals surface area contributed by atoms with Crippen LogP contribution in [-0.2, 0) is 6.61 Å². The highest BCUT2D eigenvalue weighted by atomic mass is 35.5. The van der Waals surface area contributed by atoms with Crippen molar-refractivity contribution in [1.82, 2.24) is 5.43 Å². The minimum atomic E-state index is -0.367. The van der Waals surface area contributed by atoms with Gasteiger partial charge in [0.2, 0.25) is 0 Å². The van der Waals surface area contributed by atoms with E-state index in [0.29, 0.717) is 47.7 Å². The number of ether oxygens (including phenoxy) is 3. The van der Waals surface area contributed by atoms with Crippen LogP contribution in [0.2, 0.25) is 5.02 Å². The molecule has 0 aromatic heterocycles. The number of benzene rings is 3. The molecule has 0 heterocycles. The van der Waals surface area contributed by atoms with Gasteiger partial charge in [0.05, 0.1) is 24.5 Å². The number of carbonyl (C=O) groups excluding carboxylic acids is 1. The molecule has 1 N–H and O–H groups in total. The zero-order valence-corrected chi connectivity index (χ0v) is 18.8. The highest BCUT2D eigenvalue weighted by Crippen LogP contribution is 2.29. The molecule has 0 aliphatic carbocycles. The maximum atomic E-state index is 12.5. The van der Waals surface area contributed by atoms with E-state index in [4.69, 9.17) is 25.8 Å². The SMILES string of the molecule is CCOc1ccc(/C=N/NC(=O)c2ccc(OCc3ccccc3)c(OCC)c2)cc1Cl. The Labute approximate surface area is 192 Å². The molecule has 3 rings (SSSR count). The lowest BCUT2D eigenvalue weighted by molar-refractivity contribution is 0.0954. The van der Waals surface area contributed by atoms with Crippen LogP contribution >= 0.6 is 11.6 Å². The number of hydrogen-bond acceptors (Lipinski definition) is 5. The molecule has 0 spiro atoms. The number of hydrogen-bond donors (Lipinski definition) is 1. The van der Waals surface area contributed by atoms with E-state index in [0.717, 1.165) is 11.1 Å². The molecule has 0 aliphatic rings. The van der Waals surface area contributed by atoms with Crippen molar-refractivity contribution < 1.29 is 19.0 Å². The van der Waals surface area contributed by atoms with Crippen LogP contribution in [-0.4, -0.2) is 25.3 Å².